The molecule has 0 aliphatic carbocycles. The van der Waals surface area contributed by atoms with Gasteiger partial charge >= 0.3 is 6.03 Å². The number of aliphatic hydroxyl groups excluding tert-OH is 1. The number of unbranched alkanes of at least 4 members (excludes halogenated alkanes) is 1. The average molecular weight is 288 g/mol. The van der Waals surface area contributed by atoms with Gasteiger partial charge in [-0.2, -0.15) is 0 Å². The lowest BCUT2D eigenvalue weighted by atomic mass is 10.1. The maximum Gasteiger partial charge on any atom is 0.317 e. The zero-order valence-corrected chi connectivity index (χ0v) is 12.9. The Labute approximate surface area is 127 Å². The molecule has 0 atom stereocenters. The van der Waals surface area contributed by atoms with Crippen molar-refractivity contribution in [3.05, 3.63) is 35.4 Å². The highest BCUT2D eigenvalue weighted by atomic mass is 16.2. The summed E-state index contributed by atoms with van der Waals surface area (Å²) >= 11 is 0. The van der Waals surface area contributed by atoms with Gasteiger partial charge in [0.1, 0.15) is 0 Å². The molecule has 0 bridgehead atoms. The Bertz CT molecular complexity index is 503. The predicted octanol–water partition coefficient (Wildman–Crippen LogP) is 2.36. The van der Waals surface area contributed by atoms with Gasteiger partial charge in [-0.3, -0.25) is 0 Å². The second-order valence-electron chi connectivity index (χ2n) is 4.87. The Kier molecular flexibility index (Phi) is 8.00. The molecule has 1 rings (SSSR count). The van der Waals surface area contributed by atoms with Crippen molar-refractivity contribution in [2.24, 2.45) is 0 Å². The van der Waals surface area contributed by atoms with Gasteiger partial charge in [0.2, 0.25) is 0 Å². The zero-order valence-electron chi connectivity index (χ0n) is 12.9. The summed E-state index contributed by atoms with van der Waals surface area (Å²) in [5.74, 6) is 5.96. The highest BCUT2D eigenvalue weighted by Crippen LogP contribution is 2.10. The molecule has 21 heavy (non-hydrogen) atoms. The quantitative estimate of drug-likeness (QED) is 0.623. The number of hydrogen-bond acceptors (Lipinski definition) is 2. The van der Waals surface area contributed by atoms with Crippen molar-refractivity contribution in [2.75, 3.05) is 20.2 Å². The Morgan fingerprint density at radius 2 is 2.14 bits per heavy atom. The van der Waals surface area contributed by atoms with E-state index in [4.69, 9.17) is 5.11 Å². The van der Waals surface area contributed by atoms with E-state index in [-0.39, 0.29) is 12.6 Å². The Hall–Kier alpha value is -1.99. The van der Waals surface area contributed by atoms with Crippen molar-refractivity contribution in [3.63, 3.8) is 0 Å². The van der Waals surface area contributed by atoms with E-state index in [2.05, 4.69) is 24.1 Å². The van der Waals surface area contributed by atoms with Crippen LogP contribution in [0.5, 0.6) is 0 Å². The van der Waals surface area contributed by atoms with Crippen molar-refractivity contribution in [2.45, 2.75) is 32.7 Å². The zero-order chi connectivity index (χ0) is 15.5. The van der Waals surface area contributed by atoms with Crippen LogP contribution < -0.4 is 5.32 Å². The summed E-state index contributed by atoms with van der Waals surface area (Å²) in [6.07, 6.45) is 2.51. The third-order valence-electron chi connectivity index (χ3n) is 3.04. The lowest BCUT2D eigenvalue weighted by Crippen LogP contribution is -2.37. The number of urea groups is 1. The first-order valence-electron chi connectivity index (χ1n) is 7.35. The minimum Gasteiger partial charge on any atom is -0.395 e. The average Bonchev–Trinajstić information content (AvgIpc) is 2.49. The minimum absolute atomic E-state index is 0.0644. The molecule has 1 aromatic rings. The molecule has 0 aliphatic heterocycles. The van der Waals surface area contributed by atoms with E-state index in [9.17, 15) is 4.79 Å². The largest absolute Gasteiger partial charge is 0.395 e. The number of hydrogen-bond donors (Lipinski definition) is 2. The molecule has 4 heteroatoms. The van der Waals surface area contributed by atoms with Crippen molar-refractivity contribution in [1.82, 2.24) is 10.2 Å². The van der Waals surface area contributed by atoms with Gasteiger partial charge in [-0.25, -0.2) is 4.79 Å². The molecular weight excluding hydrogens is 264 g/mol. The SMILES string of the molecule is CCCCNC(=O)N(C)Cc1ccccc1C#CCCO. The minimum atomic E-state index is -0.0680. The van der Waals surface area contributed by atoms with Crippen LogP contribution in [0.4, 0.5) is 4.79 Å². The fourth-order valence-electron chi connectivity index (χ4n) is 1.83. The van der Waals surface area contributed by atoms with Crippen LogP contribution in [0.15, 0.2) is 24.3 Å². The van der Waals surface area contributed by atoms with E-state index < -0.39 is 0 Å². The van der Waals surface area contributed by atoms with E-state index in [0.29, 0.717) is 19.5 Å². The summed E-state index contributed by atoms with van der Waals surface area (Å²) in [5.41, 5.74) is 1.91. The van der Waals surface area contributed by atoms with Gasteiger partial charge in [0.25, 0.3) is 0 Å². The van der Waals surface area contributed by atoms with Gasteiger partial charge in [-0.1, -0.05) is 43.4 Å². The van der Waals surface area contributed by atoms with Crippen LogP contribution >= 0.6 is 0 Å². The number of carbonyl (C=O) groups excluding carboxylic acids is 1. The Morgan fingerprint density at radius 3 is 2.86 bits per heavy atom. The van der Waals surface area contributed by atoms with E-state index in [1.807, 2.05) is 24.3 Å². The van der Waals surface area contributed by atoms with Crippen molar-refractivity contribution in [1.29, 1.82) is 0 Å². The van der Waals surface area contributed by atoms with Gasteiger partial charge in [0.15, 0.2) is 0 Å². The molecule has 2 amide bonds. The number of benzene rings is 1. The number of nitrogens with one attached hydrogen (secondary N) is 1. The molecule has 2 N–H and O–H groups in total. The molecule has 0 unspecified atom stereocenters. The molecule has 0 aromatic heterocycles. The van der Waals surface area contributed by atoms with Gasteiger partial charge in [-0.05, 0) is 18.1 Å². The summed E-state index contributed by atoms with van der Waals surface area (Å²) in [7, 11) is 1.78. The van der Waals surface area contributed by atoms with Gasteiger partial charge in [0, 0.05) is 32.1 Å². The summed E-state index contributed by atoms with van der Waals surface area (Å²) in [6, 6.07) is 7.70. The molecule has 0 fully saturated rings. The van der Waals surface area contributed by atoms with E-state index in [0.717, 1.165) is 24.0 Å². The maximum absolute atomic E-state index is 11.9. The Balaban J connectivity index is 2.65. The summed E-state index contributed by atoms with van der Waals surface area (Å²) in [5, 5.41) is 11.7. The number of carbonyl (C=O) groups is 1. The van der Waals surface area contributed by atoms with Crippen LogP contribution in [0.3, 0.4) is 0 Å². The number of rotatable bonds is 6. The molecule has 4 nitrogen and oxygen atoms in total. The third kappa shape index (κ3) is 6.33. The molecule has 0 saturated heterocycles. The summed E-state index contributed by atoms with van der Waals surface area (Å²) in [4.78, 5) is 13.6. The first kappa shape index (κ1) is 17.1. The molecule has 114 valence electrons. The predicted molar refractivity (Wildman–Crippen MR) is 84.8 cm³/mol. The molecule has 1 aromatic carbocycles. The van der Waals surface area contributed by atoms with Crippen molar-refractivity contribution < 1.29 is 9.90 Å². The van der Waals surface area contributed by atoms with Crippen LogP contribution in [-0.4, -0.2) is 36.2 Å². The summed E-state index contributed by atoms with van der Waals surface area (Å²) < 4.78 is 0. The van der Waals surface area contributed by atoms with Crippen molar-refractivity contribution >= 4 is 6.03 Å². The second-order valence-corrected chi connectivity index (χ2v) is 4.87. The molecular formula is C17H24N2O2. The van der Waals surface area contributed by atoms with Gasteiger partial charge in [-0.15, -0.1) is 0 Å². The van der Waals surface area contributed by atoms with Crippen LogP contribution in [0.2, 0.25) is 0 Å². The smallest absolute Gasteiger partial charge is 0.317 e. The van der Waals surface area contributed by atoms with E-state index in [1.165, 1.54) is 0 Å². The number of nitrogens with zero attached hydrogens (tertiary/aromatic N) is 1. The second kappa shape index (κ2) is 9.84. The Morgan fingerprint density at radius 1 is 1.38 bits per heavy atom. The molecule has 0 spiro atoms. The lowest BCUT2D eigenvalue weighted by molar-refractivity contribution is 0.206. The van der Waals surface area contributed by atoms with Crippen LogP contribution in [0.25, 0.3) is 0 Å². The molecule has 0 heterocycles. The van der Waals surface area contributed by atoms with E-state index in [1.54, 1.807) is 11.9 Å². The molecule has 0 aliphatic rings. The highest BCUT2D eigenvalue weighted by molar-refractivity contribution is 5.73. The third-order valence-corrected chi connectivity index (χ3v) is 3.04. The van der Waals surface area contributed by atoms with Crippen LogP contribution in [0, 0.1) is 11.8 Å². The van der Waals surface area contributed by atoms with Crippen LogP contribution in [-0.2, 0) is 6.54 Å². The lowest BCUT2D eigenvalue weighted by Gasteiger charge is -2.18. The monoisotopic (exact) mass is 288 g/mol. The summed E-state index contributed by atoms with van der Waals surface area (Å²) in [6.45, 7) is 3.38. The fraction of sp³-hybridized carbons (Fsp3) is 0.471. The highest BCUT2D eigenvalue weighted by Gasteiger charge is 2.09. The number of aliphatic hydroxyl groups is 1. The van der Waals surface area contributed by atoms with Crippen LogP contribution in [0.1, 0.15) is 37.3 Å². The molecule has 0 saturated carbocycles. The maximum atomic E-state index is 11.9. The standard InChI is InChI=1S/C17H24N2O2/c1-3-4-12-18-17(21)19(2)14-16-11-6-5-9-15(16)10-7-8-13-20/h5-6,9,11,20H,3-4,8,12-14H2,1-2H3,(H,18,21). The fourth-order valence-corrected chi connectivity index (χ4v) is 1.83. The molecule has 0 radical (unpaired) electrons. The first-order chi connectivity index (χ1) is 10.2. The van der Waals surface area contributed by atoms with Crippen molar-refractivity contribution in [3.8, 4) is 11.8 Å². The normalized spacial score (nSPS) is 9.67. The van der Waals surface area contributed by atoms with Gasteiger partial charge < -0.3 is 15.3 Å². The number of amides is 2. The van der Waals surface area contributed by atoms with E-state index >= 15 is 0 Å². The first-order valence-corrected chi connectivity index (χ1v) is 7.35. The van der Waals surface area contributed by atoms with Gasteiger partial charge in [0.05, 0.1) is 6.61 Å². The topological polar surface area (TPSA) is 52.6 Å².